The summed E-state index contributed by atoms with van der Waals surface area (Å²) in [5.74, 6) is -0.652. The molecule has 0 spiro atoms. The minimum absolute atomic E-state index is 0.0757. The molecule has 2 heterocycles. The normalized spacial score (nSPS) is 16.9. The monoisotopic (exact) mass is 355 g/mol. The number of piperidine rings is 1. The predicted molar refractivity (Wildman–Crippen MR) is 98.0 cm³/mol. The number of furan rings is 1. The summed E-state index contributed by atoms with van der Waals surface area (Å²) in [6.45, 7) is 2.54. The van der Waals surface area contributed by atoms with Gasteiger partial charge in [-0.2, -0.15) is 0 Å². The van der Waals surface area contributed by atoms with Crippen LogP contribution < -0.4 is 11.1 Å². The Labute approximate surface area is 153 Å². The summed E-state index contributed by atoms with van der Waals surface area (Å²) in [4.78, 5) is 26.6. The van der Waals surface area contributed by atoms with Crippen molar-refractivity contribution in [1.29, 1.82) is 0 Å². The van der Waals surface area contributed by atoms with E-state index < -0.39 is 11.9 Å². The molecule has 0 aliphatic carbocycles. The standard InChI is InChI=1S/C20H25N3O3/c21-19(24)18(12-15-4-2-1-3-5-15)22-20(25)17-6-9-23(10-7-17)13-16-8-11-26-14-16/h1-5,8,11,14,17-18H,6-7,9-10,12-13H2,(H2,21,24)(H,22,25)/t18-/m0/s1. The fourth-order valence-corrected chi connectivity index (χ4v) is 3.36. The average molecular weight is 355 g/mol. The van der Waals surface area contributed by atoms with Crippen LogP contribution in [0.2, 0.25) is 0 Å². The highest BCUT2D eigenvalue weighted by Gasteiger charge is 2.28. The van der Waals surface area contributed by atoms with Crippen molar-refractivity contribution in [2.24, 2.45) is 11.7 Å². The first-order valence-electron chi connectivity index (χ1n) is 8.99. The van der Waals surface area contributed by atoms with Crippen molar-refractivity contribution in [1.82, 2.24) is 10.2 Å². The molecule has 6 heteroatoms. The fourth-order valence-electron chi connectivity index (χ4n) is 3.36. The Balaban J connectivity index is 1.49. The van der Waals surface area contributed by atoms with Crippen LogP contribution in [-0.4, -0.2) is 35.8 Å². The summed E-state index contributed by atoms with van der Waals surface area (Å²) in [6, 6.07) is 10.9. The average Bonchev–Trinajstić information content (AvgIpc) is 3.15. The highest BCUT2D eigenvalue weighted by atomic mass is 16.3. The van der Waals surface area contributed by atoms with Gasteiger partial charge in [-0.1, -0.05) is 30.3 Å². The zero-order valence-corrected chi connectivity index (χ0v) is 14.8. The van der Waals surface area contributed by atoms with Crippen molar-refractivity contribution in [3.05, 3.63) is 60.1 Å². The minimum atomic E-state index is -0.672. The van der Waals surface area contributed by atoms with E-state index in [9.17, 15) is 9.59 Å². The molecule has 0 unspecified atom stereocenters. The number of nitrogens with one attached hydrogen (secondary N) is 1. The van der Waals surface area contributed by atoms with E-state index in [1.165, 1.54) is 0 Å². The van der Waals surface area contributed by atoms with Crippen LogP contribution >= 0.6 is 0 Å². The maximum atomic E-state index is 12.6. The van der Waals surface area contributed by atoms with Gasteiger partial charge in [0, 0.05) is 24.4 Å². The summed E-state index contributed by atoms with van der Waals surface area (Å²) in [6.07, 6.45) is 5.40. The Morgan fingerprint density at radius 2 is 1.88 bits per heavy atom. The lowest BCUT2D eigenvalue weighted by Gasteiger charge is -2.31. The van der Waals surface area contributed by atoms with Crippen LogP contribution in [0.4, 0.5) is 0 Å². The van der Waals surface area contributed by atoms with Gasteiger partial charge in [0.1, 0.15) is 6.04 Å². The topological polar surface area (TPSA) is 88.6 Å². The van der Waals surface area contributed by atoms with Gasteiger partial charge in [-0.15, -0.1) is 0 Å². The number of hydrogen-bond donors (Lipinski definition) is 2. The molecule has 0 bridgehead atoms. The van der Waals surface area contributed by atoms with Gasteiger partial charge >= 0.3 is 0 Å². The SMILES string of the molecule is NC(=O)[C@H](Cc1ccccc1)NC(=O)C1CCN(Cc2ccoc2)CC1. The zero-order valence-electron chi connectivity index (χ0n) is 14.8. The fraction of sp³-hybridized carbons (Fsp3) is 0.400. The van der Waals surface area contributed by atoms with Crippen molar-refractivity contribution in [2.75, 3.05) is 13.1 Å². The molecule has 3 rings (SSSR count). The van der Waals surface area contributed by atoms with Gasteiger partial charge in [0.25, 0.3) is 0 Å². The van der Waals surface area contributed by atoms with Gasteiger partial charge in [-0.05, 0) is 37.6 Å². The van der Waals surface area contributed by atoms with Crippen molar-refractivity contribution in [3.8, 4) is 0 Å². The molecule has 2 amide bonds. The third-order valence-electron chi connectivity index (χ3n) is 4.89. The maximum absolute atomic E-state index is 12.6. The lowest BCUT2D eigenvalue weighted by Crippen LogP contribution is -2.49. The van der Waals surface area contributed by atoms with Crippen LogP contribution in [0.1, 0.15) is 24.0 Å². The molecular formula is C20H25N3O3. The summed E-state index contributed by atoms with van der Waals surface area (Å²) in [5, 5.41) is 2.85. The number of carbonyl (C=O) groups excluding carboxylic acids is 2. The predicted octanol–water partition coefficient (Wildman–Crippen LogP) is 1.70. The van der Waals surface area contributed by atoms with E-state index in [0.29, 0.717) is 6.42 Å². The molecule has 1 aromatic carbocycles. The van der Waals surface area contributed by atoms with E-state index in [1.807, 2.05) is 36.4 Å². The van der Waals surface area contributed by atoms with E-state index in [0.717, 1.165) is 43.6 Å². The Hall–Kier alpha value is -2.60. The number of amides is 2. The zero-order chi connectivity index (χ0) is 18.4. The Morgan fingerprint density at radius 3 is 2.50 bits per heavy atom. The maximum Gasteiger partial charge on any atom is 0.240 e. The minimum Gasteiger partial charge on any atom is -0.472 e. The van der Waals surface area contributed by atoms with E-state index in [-0.39, 0.29) is 11.8 Å². The molecular weight excluding hydrogens is 330 g/mol. The molecule has 1 aromatic heterocycles. The summed E-state index contributed by atoms with van der Waals surface area (Å²) in [5.41, 5.74) is 7.61. The van der Waals surface area contributed by atoms with Crippen molar-refractivity contribution in [3.63, 3.8) is 0 Å². The van der Waals surface area contributed by atoms with Gasteiger partial charge in [0.2, 0.25) is 11.8 Å². The molecule has 1 atom stereocenters. The van der Waals surface area contributed by atoms with E-state index in [1.54, 1.807) is 12.5 Å². The first kappa shape index (κ1) is 18.2. The second kappa shape index (κ2) is 8.67. The lowest BCUT2D eigenvalue weighted by atomic mass is 9.94. The molecule has 138 valence electrons. The molecule has 0 radical (unpaired) electrons. The second-order valence-electron chi connectivity index (χ2n) is 6.84. The molecule has 1 aliphatic rings. The third kappa shape index (κ3) is 4.95. The molecule has 26 heavy (non-hydrogen) atoms. The highest BCUT2D eigenvalue weighted by molar-refractivity contribution is 5.87. The van der Waals surface area contributed by atoms with Crippen LogP contribution in [0.5, 0.6) is 0 Å². The van der Waals surface area contributed by atoms with Crippen LogP contribution in [0.25, 0.3) is 0 Å². The summed E-state index contributed by atoms with van der Waals surface area (Å²) >= 11 is 0. The quantitative estimate of drug-likeness (QED) is 0.791. The molecule has 1 aliphatic heterocycles. The first-order chi connectivity index (χ1) is 12.6. The molecule has 0 saturated carbocycles. The number of carbonyl (C=O) groups is 2. The van der Waals surface area contributed by atoms with Crippen LogP contribution in [0.3, 0.4) is 0 Å². The smallest absolute Gasteiger partial charge is 0.240 e. The first-order valence-corrected chi connectivity index (χ1v) is 8.99. The number of benzene rings is 1. The van der Waals surface area contributed by atoms with Gasteiger partial charge in [-0.3, -0.25) is 14.5 Å². The molecule has 1 saturated heterocycles. The van der Waals surface area contributed by atoms with Crippen LogP contribution in [0, 0.1) is 5.92 Å². The van der Waals surface area contributed by atoms with Gasteiger partial charge in [0.05, 0.1) is 12.5 Å². The van der Waals surface area contributed by atoms with Gasteiger partial charge in [0.15, 0.2) is 0 Å². The number of hydrogen-bond acceptors (Lipinski definition) is 4. The van der Waals surface area contributed by atoms with Crippen molar-refractivity contribution >= 4 is 11.8 Å². The molecule has 6 nitrogen and oxygen atoms in total. The highest BCUT2D eigenvalue weighted by Crippen LogP contribution is 2.19. The summed E-state index contributed by atoms with van der Waals surface area (Å²) < 4.78 is 5.10. The molecule has 1 fully saturated rings. The lowest BCUT2D eigenvalue weighted by molar-refractivity contribution is -0.131. The van der Waals surface area contributed by atoms with Crippen molar-refractivity contribution < 1.29 is 14.0 Å². The molecule has 2 aromatic rings. The second-order valence-corrected chi connectivity index (χ2v) is 6.84. The third-order valence-corrected chi connectivity index (χ3v) is 4.89. The number of likely N-dealkylation sites (tertiary alicyclic amines) is 1. The Bertz CT molecular complexity index is 707. The number of rotatable bonds is 7. The van der Waals surface area contributed by atoms with Gasteiger partial charge < -0.3 is 15.5 Å². The van der Waals surface area contributed by atoms with Crippen LogP contribution in [0.15, 0.2) is 53.3 Å². The van der Waals surface area contributed by atoms with Gasteiger partial charge in [-0.25, -0.2) is 0 Å². The largest absolute Gasteiger partial charge is 0.472 e. The van der Waals surface area contributed by atoms with E-state index in [4.69, 9.17) is 10.2 Å². The number of primary amides is 1. The Morgan fingerprint density at radius 1 is 1.15 bits per heavy atom. The van der Waals surface area contributed by atoms with Crippen LogP contribution in [-0.2, 0) is 22.6 Å². The Kier molecular flexibility index (Phi) is 6.07. The molecule has 3 N–H and O–H groups in total. The summed E-state index contributed by atoms with van der Waals surface area (Å²) in [7, 11) is 0. The number of nitrogens with two attached hydrogens (primary N) is 1. The van der Waals surface area contributed by atoms with Crippen molar-refractivity contribution in [2.45, 2.75) is 31.8 Å². The number of nitrogens with zero attached hydrogens (tertiary/aromatic N) is 1. The van der Waals surface area contributed by atoms with E-state index in [2.05, 4.69) is 10.2 Å². The van der Waals surface area contributed by atoms with E-state index >= 15 is 0 Å².